The number of rotatable bonds is 7. The molecule has 33 heavy (non-hydrogen) atoms. The maximum absolute atomic E-state index is 13.4. The molecule has 1 spiro atoms. The van der Waals surface area contributed by atoms with E-state index < -0.39 is 5.60 Å². The summed E-state index contributed by atoms with van der Waals surface area (Å²) in [6, 6.07) is 10.8. The van der Waals surface area contributed by atoms with Gasteiger partial charge in [0, 0.05) is 31.5 Å². The minimum absolute atomic E-state index is 0.0997. The number of amides is 1. The number of likely N-dealkylation sites (tertiary alicyclic amines) is 1. The molecule has 2 heterocycles. The van der Waals surface area contributed by atoms with Gasteiger partial charge in [-0.05, 0) is 45.0 Å². The van der Waals surface area contributed by atoms with Gasteiger partial charge in [0.05, 0.1) is 31.8 Å². The summed E-state index contributed by atoms with van der Waals surface area (Å²) in [7, 11) is 0. The van der Waals surface area contributed by atoms with Crippen molar-refractivity contribution >= 4 is 11.7 Å². The Balaban J connectivity index is 1.52. The minimum Gasteiger partial charge on any atom is -0.490 e. The molecule has 7 nitrogen and oxygen atoms in total. The first kappa shape index (κ1) is 23.0. The van der Waals surface area contributed by atoms with Crippen LogP contribution in [0.3, 0.4) is 0 Å². The van der Waals surface area contributed by atoms with E-state index in [0.717, 1.165) is 0 Å². The molecule has 4 rings (SSSR count). The van der Waals surface area contributed by atoms with Gasteiger partial charge < -0.3 is 23.8 Å². The highest BCUT2D eigenvalue weighted by Gasteiger charge is 2.43. The van der Waals surface area contributed by atoms with E-state index >= 15 is 0 Å². The fourth-order valence-corrected chi connectivity index (χ4v) is 4.53. The summed E-state index contributed by atoms with van der Waals surface area (Å²) in [6.07, 6.45) is 1.55. The van der Waals surface area contributed by atoms with Crippen LogP contribution in [0.5, 0.6) is 23.0 Å². The van der Waals surface area contributed by atoms with Gasteiger partial charge in [0.1, 0.15) is 11.4 Å². The van der Waals surface area contributed by atoms with E-state index in [1.807, 2.05) is 39.0 Å². The zero-order chi connectivity index (χ0) is 23.4. The number of benzene rings is 2. The zero-order valence-corrected chi connectivity index (χ0v) is 19.5. The zero-order valence-electron chi connectivity index (χ0n) is 19.5. The van der Waals surface area contributed by atoms with E-state index in [2.05, 4.69) is 0 Å². The average Bonchev–Trinajstić information content (AvgIpc) is 2.81. The van der Waals surface area contributed by atoms with Gasteiger partial charge in [-0.3, -0.25) is 9.59 Å². The maximum atomic E-state index is 13.4. The molecule has 1 saturated heterocycles. The van der Waals surface area contributed by atoms with E-state index in [1.54, 1.807) is 23.1 Å². The summed E-state index contributed by atoms with van der Waals surface area (Å²) >= 11 is 0. The van der Waals surface area contributed by atoms with Crippen LogP contribution in [-0.2, 0) is 0 Å². The Labute approximate surface area is 194 Å². The van der Waals surface area contributed by atoms with Crippen LogP contribution >= 0.6 is 0 Å². The van der Waals surface area contributed by atoms with Crippen LogP contribution in [0.15, 0.2) is 36.4 Å². The molecule has 2 aliphatic rings. The molecule has 0 unspecified atom stereocenters. The largest absolute Gasteiger partial charge is 0.490 e. The molecule has 0 aliphatic carbocycles. The first-order valence-electron chi connectivity index (χ1n) is 11.7. The lowest BCUT2D eigenvalue weighted by Crippen LogP contribution is -2.52. The Morgan fingerprint density at radius 1 is 0.970 bits per heavy atom. The summed E-state index contributed by atoms with van der Waals surface area (Å²) in [5.41, 5.74) is 0.587. The van der Waals surface area contributed by atoms with Gasteiger partial charge in [-0.25, -0.2) is 0 Å². The Morgan fingerprint density at radius 3 is 2.18 bits per heavy atom. The molecule has 0 atom stereocenters. The number of piperidine rings is 1. The van der Waals surface area contributed by atoms with E-state index in [4.69, 9.17) is 18.9 Å². The molecule has 2 aliphatic heterocycles. The number of fused-ring (bicyclic) bond motifs is 1. The van der Waals surface area contributed by atoms with Crippen molar-refractivity contribution in [3.8, 4) is 23.0 Å². The molecule has 7 heteroatoms. The van der Waals surface area contributed by atoms with Crippen molar-refractivity contribution in [2.75, 3.05) is 32.9 Å². The number of hydrogen-bond donors (Lipinski definition) is 0. The van der Waals surface area contributed by atoms with Crippen LogP contribution in [0.4, 0.5) is 0 Å². The van der Waals surface area contributed by atoms with E-state index in [1.165, 1.54) is 0 Å². The number of carbonyl (C=O) groups excluding carboxylic acids is 2. The Bertz CT molecular complexity index is 998. The van der Waals surface area contributed by atoms with Gasteiger partial charge in [-0.15, -0.1) is 0 Å². The van der Waals surface area contributed by atoms with Crippen molar-refractivity contribution in [3.05, 3.63) is 47.5 Å². The summed E-state index contributed by atoms with van der Waals surface area (Å²) in [4.78, 5) is 27.9. The van der Waals surface area contributed by atoms with Crippen LogP contribution < -0.4 is 18.9 Å². The summed E-state index contributed by atoms with van der Waals surface area (Å²) in [5.74, 6) is 2.16. The molecule has 1 amide bonds. The van der Waals surface area contributed by atoms with Crippen LogP contribution in [0.1, 0.15) is 60.7 Å². The van der Waals surface area contributed by atoms with Crippen LogP contribution in [0.25, 0.3) is 0 Å². The highest BCUT2D eigenvalue weighted by molar-refractivity contribution is 6.00. The second-order valence-corrected chi connectivity index (χ2v) is 8.27. The summed E-state index contributed by atoms with van der Waals surface area (Å²) in [6.45, 7) is 8.04. The molecule has 0 saturated carbocycles. The van der Waals surface area contributed by atoms with Gasteiger partial charge in [-0.1, -0.05) is 12.1 Å². The highest BCUT2D eigenvalue weighted by Crippen LogP contribution is 2.41. The molecule has 0 aromatic heterocycles. The normalized spacial score (nSPS) is 16.7. The number of ketones is 1. The van der Waals surface area contributed by atoms with Crippen molar-refractivity contribution in [1.29, 1.82) is 0 Å². The topological polar surface area (TPSA) is 74.3 Å². The van der Waals surface area contributed by atoms with Gasteiger partial charge in [-0.2, -0.15) is 0 Å². The number of nitrogens with zero attached hydrogens (tertiary/aromatic N) is 1. The lowest BCUT2D eigenvalue weighted by Gasteiger charge is -2.44. The number of ether oxygens (including phenoxy) is 4. The third kappa shape index (κ3) is 4.63. The summed E-state index contributed by atoms with van der Waals surface area (Å²) in [5, 5.41) is 0. The van der Waals surface area contributed by atoms with Crippen molar-refractivity contribution in [2.24, 2.45) is 0 Å². The molecule has 0 bridgehead atoms. The first-order valence-corrected chi connectivity index (χ1v) is 11.7. The quantitative estimate of drug-likeness (QED) is 0.614. The monoisotopic (exact) mass is 453 g/mol. The molecular weight excluding hydrogens is 422 g/mol. The number of Topliss-reactive ketones (excluding diaryl/α,β-unsaturated/α-hetero) is 1. The predicted octanol–water partition coefficient (Wildman–Crippen LogP) is 4.52. The lowest BCUT2D eigenvalue weighted by atomic mass is 9.82. The van der Waals surface area contributed by atoms with E-state index in [-0.39, 0.29) is 11.7 Å². The van der Waals surface area contributed by atoms with Crippen molar-refractivity contribution in [2.45, 2.75) is 45.6 Å². The fourth-order valence-electron chi connectivity index (χ4n) is 4.53. The maximum Gasteiger partial charge on any atom is 0.254 e. The first-order chi connectivity index (χ1) is 16.0. The molecular formula is C26H31NO6. The van der Waals surface area contributed by atoms with Crippen LogP contribution in [-0.4, -0.2) is 55.1 Å². The Kier molecular flexibility index (Phi) is 6.77. The Morgan fingerprint density at radius 2 is 1.58 bits per heavy atom. The molecule has 2 aromatic rings. The average molecular weight is 454 g/mol. The molecule has 1 fully saturated rings. The number of para-hydroxylation sites is 1. The van der Waals surface area contributed by atoms with Gasteiger partial charge in [0.25, 0.3) is 5.91 Å². The van der Waals surface area contributed by atoms with Gasteiger partial charge in [0.15, 0.2) is 17.3 Å². The third-order valence-electron chi connectivity index (χ3n) is 6.11. The molecule has 176 valence electrons. The van der Waals surface area contributed by atoms with Gasteiger partial charge >= 0.3 is 0 Å². The van der Waals surface area contributed by atoms with Crippen molar-refractivity contribution in [3.63, 3.8) is 0 Å². The van der Waals surface area contributed by atoms with E-state index in [9.17, 15) is 9.59 Å². The van der Waals surface area contributed by atoms with Crippen molar-refractivity contribution in [1.82, 2.24) is 4.90 Å². The molecule has 0 N–H and O–H groups in total. The molecule has 2 aromatic carbocycles. The number of carbonyl (C=O) groups is 2. The van der Waals surface area contributed by atoms with Gasteiger partial charge in [0.2, 0.25) is 5.75 Å². The second-order valence-electron chi connectivity index (χ2n) is 8.27. The summed E-state index contributed by atoms with van der Waals surface area (Å²) < 4.78 is 23.6. The number of hydrogen-bond acceptors (Lipinski definition) is 6. The predicted molar refractivity (Wildman–Crippen MR) is 124 cm³/mol. The molecule has 0 radical (unpaired) electrons. The smallest absolute Gasteiger partial charge is 0.254 e. The van der Waals surface area contributed by atoms with E-state index in [0.29, 0.717) is 86.3 Å². The standard InChI is InChI=1S/C26H31NO6/c1-4-30-22-15-18(16-23(31-5-2)24(22)32-6-3)25(29)27-13-11-26(12-14-27)17-20(28)19-9-7-8-10-21(19)33-26/h7-10,15-16H,4-6,11-14,17H2,1-3H3. The SMILES string of the molecule is CCOc1cc(C(=O)N2CCC3(CC2)CC(=O)c2ccccc2O3)cc(OCC)c1OCC. The van der Waals surface area contributed by atoms with Crippen molar-refractivity contribution < 1.29 is 28.5 Å². The Hall–Kier alpha value is -3.22. The van der Waals surface area contributed by atoms with Crippen LogP contribution in [0, 0.1) is 0 Å². The highest BCUT2D eigenvalue weighted by atomic mass is 16.5. The second kappa shape index (κ2) is 9.73. The fraction of sp³-hybridized carbons (Fsp3) is 0.462. The van der Waals surface area contributed by atoms with Crippen LogP contribution in [0.2, 0.25) is 0 Å². The minimum atomic E-state index is -0.548. The lowest BCUT2D eigenvalue weighted by molar-refractivity contribution is -0.00573. The third-order valence-corrected chi connectivity index (χ3v) is 6.11.